The van der Waals surface area contributed by atoms with E-state index in [0.717, 1.165) is 0 Å². The minimum atomic E-state index is -1.08. The maximum atomic E-state index is 10.9. The number of benzene rings is 1. The number of rotatable bonds is 5. The SMILES string of the molecule is CC(=O)NC(CSc1cc(Cl)ccc1N)C(=O)O. The molecule has 5 nitrogen and oxygen atoms in total. The van der Waals surface area contributed by atoms with Crippen LogP contribution in [0.25, 0.3) is 0 Å². The maximum Gasteiger partial charge on any atom is 0.327 e. The van der Waals surface area contributed by atoms with Gasteiger partial charge in [-0.05, 0) is 18.2 Å². The fourth-order valence-electron chi connectivity index (χ4n) is 1.23. The molecule has 1 amide bonds. The van der Waals surface area contributed by atoms with E-state index in [1.54, 1.807) is 18.2 Å². The predicted molar refractivity (Wildman–Crippen MR) is 71.8 cm³/mol. The summed E-state index contributed by atoms with van der Waals surface area (Å²) in [6.07, 6.45) is 0. The molecule has 0 saturated carbocycles. The number of nitrogens with one attached hydrogen (secondary N) is 1. The zero-order chi connectivity index (χ0) is 13.7. The van der Waals surface area contributed by atoms with Crippen LogP contribution < -0.4 is 11.1 Å². The van der Waals surface area contributed by atoms with Gasteiger partial charge in [-0.2, -0.15) is 0 Å². The van der Waals surface area contributed by atoms with E-state index in [-0.39, 0.29) is 11.7 Å². The second-order valence-electron chi connectivity index (χ2n) is 3.58. The molecule has 1 aromatic rings. The fraction of sp³-hybridized carbons (Fsp3) is 0.273. The third kappa shape index (κ3) is 4.46. The van der Waals surface area contributed by atoms with Crippen molar-refractivity contribution in [2.75, 3.05) is 11.5 Å². The number of carbonyl (C=O) groups excluding carboxylic acids is 1. The first-order valence-corrected chi connectivity index (χ1v) is 6.44. The molecule has 0 spiro atoms. The second kappa shape index (κ2) is 6.51. The zero-order valence-electron chi connectivity index (χ0n) is 9.64. The van der Waals surface area contributed by atoms with Gasteiger partial charge in [-0.25, -0.2) is 4.79 Å². The quantitative estimate of drug-likeness (QED) is 0.565. The lowest BCUT2D eigenvalue weighted by Crippen LogP contribution is -2.41. The summed E-state index contributed by atoms with van der Waals surface area (Å²) >= 11 is 7.06. The van der Waals surface area contributed by atoms with E-state index in [2.05, 4.69) is 5.32 Å². The highest BCUT2D eigenvalue weighted by Crippen LogP contribution is 2.28. The molecular weight excluding hydrogens is 276 g/mol. The molecule has 0 aliphatic rings. The maximum absolute atomic E-state index is 10.9. The van der Waals surface area contributed by atoms with Crippen molar-refractivity contribution in [3.05, 3.63) is 23.2 Å². The molecule has 0 saturated heterocycles. The number of anilines is 1. The molecule has 7 heteroatoms. The van der Waals surface area contributed by atoms with Gasteiger partial charge in [-0.15, -0.1) is 11.8 Å². The second-order valence-corrected chi connectivity index (χ2v) is 5.08. The Balaban J connectivity index is 2.69. The predicted octanol–water partition coefficient (Wildman–Crippen LogP) is 1.60. The van der Waals surface area contributed by atoms with E-state index in [0.29, 0.717) is 15.6 Å². The summed E-state index contributed by atoms with van der Waals surface area (Å²) in [5, 5.41) is 11.8. The van der Waals surface area contributed by atoms with Crippen molar-refractivity contribution in [3.8, 4) is 0 Å². The number of carboxylic acid groups (broad SMARTS) is 1. The third-order valence-electron chi connectivity index (χ3n) is 2.06. The van der Waals surface area contributed by atoms with Crippen LogP contribution in [0.3, 0.4) is 0 Å². The zero-order valence-corrected chi connectivity index (χ0v) is 11.2. The van der Waals surface area contributed by atoms with Gasteiger partial charge in [-0.3, -0.25) is 4.79 Å². The number of nitrogen functional groups attached to an aromatic ring is 1. The third-order valence-corrected chi connectivity index (χ3v) is 3.46. The van der Waals surface area contributed by atoms with Crippen molar-refractivity contribution in [2.45, 2.75) is 17.9 Å². The summed E-state index contributed by atoms with van der Waals surface area (Å²) < 4.78 is 0. The minimum absolute atomic E-state index is 0.180. The molecule has 0 aromatic heterocycles. The lowest BCUT2D eigenvalue weighted by Gasteiger charge is -2.13. The number of thioether (sulfide) groups is 1. The topological polar surface area (TPSA) is 92.4 Å². The molecule has 18 heavy (non-hydrogen) atoms. The lowest BCUT2D eigenvalue weighted by molar-refractivity contribution is -0.140. The summed E-state index contributed by atoms with van der Waals surface area (Å²) in [6.45, 7) is 1.27. The number of carbonyl (C=O) groups is 2. The van der Waals surface area contributed by atoms with Gasteiger partial charge in [0.05, 0.1) is 0 Å². The number of nitrogens with two attached hydrogens (primary N) is 1. The van der Waals surface area contributed by atoms with Crippen LogP contribution >= 0.6 is 23.4 Å². The van der Waals surface area contributed by atoms with Crippen molar-refractivity contribution in [3.63, 3.8) is 0 Å². The van der Waals surface area contributed by atoms with Gasteiger partial charge in [0.15, 0.2) is 0 Å². The van der Waals surface area contributed by atoms with Crippen LogP contribution in [-0.4, -0.2) is 28.8 Å². The smallest absolute Gasteiger partial charge is 0.327 e. The minimum Gasteiger partial charge on any atom is -0.480 e. The Morgan fingerprint density at radius 2 is 2.22 bits per heavy atom. The molecule has 1 aromatic carbocycles. The van der Waals surface area contributed by atoms with Gasteiger partial charge in [0.1, 0.15) is 6.04 Å². The van der Waals surface area contributed by atoms with Crippen molar-refractivity contribution in [1.29, 1.82) is 0 Å². The molecule has 0 aliphatic heterocycles. The molecule has 0 aliphatic carbocycles. The highest BCUT2D eigenvalue weighted by Gasteiger charge is 2.18. The fourth-order valence-corrected chi connectivity index (χ4v) is 2.48. The number of amides is 1. The average Bonchev–Trinajstić information content (AvgIpc) is 2.27. The first kappa shape index (κ1) is 14.7. The average molecular weight is 289 g/mol. The standard InChI is InChI=1S/C11H13ClN2O3S/c1-6(15)14-9(11(16)17)5-18-10-4-7(12)2-3-8(10)13/h2-4,9H,5,13H2,1H3,(H,14,15)(H,16,17). The Labute approximate surface area is 114 Å². The van der Waals surface area contributed by atoms with Crippen LogP contribution in [-0.2, 0) is 9.59 Å². The number of hydrogen-bond donors (Lipinski definition) is 3. The largest absolute Gasteiger partial charge is 0.480 e. The van der Waals surface area contributed by atoms with Crippen molar-refractivity contribution >= 4 is 40.9 Å². The number of carboxylic acids is 1. The number of hydrogen-bond acceptors (Lipinski definition) is 4. The molecule has 0 heterocycles. The van der Waals surface area contributed by atoms with Crippen LogP contribution in [0.15, 0.2) is 23.1 Å². The molecule has 0 radical (unpaired) electrons. The van der Waals surface area contributed by atoms with E-state index in [1.807, 2.05) is 0 Å². The van der Waals surface area contributed by atoms with Gasteiger partial charge < -0.3 is 16.2 Å². The van der Waals surface area contributed by atoms with Gasteiger partial charge in [-0.1, -0.05) is 11.6 Å². The Hall–Kier alpha value is -1.40. The van der Waals surface area contributed by atoms with Gasteiger partial charge >= 0.3 is 5.97 Å². The van der Waals surface area contributed by atoms with Crippen molar-refractivity contribution in [1.82, 2.24) is 5.32 Å². The highest BCUT2D eigenvalue weighted by atomic mass is 35.5. The Bertz CT molecular complexity index is 468. The summed E-state index contributed by atoms with van der Waals surface area (Å²) in [4.78, 5) is 22.5. The van der Waals surface area contributed by atoms with Crippen LogP contribution in [0.2, 0.25) is 5.02 Å². The van der Waals surface area contributed by atoms with Crippen LogP contribution in [0.1, 0.15) is 6.92 Å². The summed E-state index contributed by atoms with van der Waals surface area (Å²) in [5.41, 5.74) is 6.26. The molecule has 0 bridgehead atoms. The summed E-state index contributed by atoms with van der Waals surface area (Å²) in [7, 11) is 0. The van der Waals surface area contributed by atoms with Gasteiger partial charge in [0, 0.05) is 28.3 Å². The van der Waals surface area contributed by atoms with E-state index >= 15 is 0 Å². The van der Waals surface area contributed by atoms with Gasteiger partial charge in [0.2, 0.25) is 5.91 Å². The van der Waals surface area contributed by atoms with E-state index in [9.17, 15) is 9.59 Å². The van der Waals surface area contributed by atoms with Crippen molar-refractivity contribution in [2.24, 2.45) is 0 Å². The summed E-state index contributed by atoms with van der Waals surface area (Å²) in [6, 6.07) is 4.02. The number of halogens is 1. The number of aliphatic carboxylic acids is 1. The lowest BCUT2D eigenvalue weighted by atomic mass is 10.3. The Morgan fingerprint density at radius 1 is 1.56 bits per heavy atom. The van der Waals surface area contributed by atoms with Crippen LogP contribution in [0.4, 0.5) is 5.69 Å². The van der Waals surface area contributed by atoms with Crippen LogP contribution in [0, 0.1) is 0 Å². The first-order valence-electron chi connectivity index (χ1n) is 5.08. The van der Waals surface area contributed by atoms with Crippen molar-refractivity contribution < 1.29 is 14.7 Å². The Kier molecular flexibility index (Phi) is 5.30. The molecule has 4 N–H and O–H groups in total. The van der Waals surface area contributed by atoms with Gasteiger partial charge in [0.25, 0.3) is 0 Å². The van der Waals surface area contributed by atoms with E-state index in [1.165, 1.54) is 18.7 Å². The highest BCUT2D eigenvalue weighted by molar-refractivity contribution is 7.99. The van der Waals surface area contributed by atoms with E-state index < -0.39 is 12.0 Å². The molecule has 98 valence electrons. The monoisotopic (exact) mass is 288 g/mol. The van der Waals surface area contributed by atoms with E-state index in [4.69, 9.17) is 22.4 Å². The molecule has 0 fully saturated rings. The Morgan fingerprint density at radius 3 is 2.78 bits per heavy atom. The molecular formula is C11H13ClN2O3S. The molecule has 1 atom stereocenters. The molecule has 1 rings (SSSR count). The molecule has 1 unspecified atom stereocenters. The van der Waals surface area contributed by atoms with Crippen LogP contribution in [0.5, 0.6) is 0 Å². The normalized spacial score (nSPS) is 11.9. The first-order chi connectivity index (χ1) is 8.40. The summed E-state index contributed by atoms with van der Waals surface area (Å²) in [5.74, 6) is -1.29.